The predicted octanol–water partition coefficient (Wildman–Crippen LogP) is 2.27. The molecule has 0 bridgehead atoms. The third-order valence-electron chi connectivity index (χ3n) is 2.99. The largest absolute Gasteiger partial charge is 0.497 e. The zero-order valence-corrected chi connectivity index (χ0v) is 13.4. The summed E-state index contributed by atoms with van der Waals surface area (Å²) >= 11 is 0. The monoisotopic (exact) mass is 325 g/mol. The molecule has 1 aromatic heterocycles. The van der Waals surface area contributed by atoms with E-state index < -0.39 is 10.1 Å². The molecule has 0 radical (unpaired) electrons. The average Bonchev–Trinajstić information content (AvgIpc) is 2.77. The van der Waals surface area contributed by atoms with E-state index >= 15 is 0 Å². The maximum Gasteiger partial charge on any atom is 0.344 e. The number of ether oxygens (including phenoxy) is 1. The highest BCUT2D eigenvalue weighted by atomic mass is 32.2. The van der Waals surface area contributed by atoms with Crippen molar-refractivity contribution in [3.8, 4) is 11.5 Å². The van der Waals surface area contributed by atoms with Crippen LogP contribution in [0.15, 0.2) is 27.6 Å². The van der Waals surface area contributed by atoms with E-state index in [1.165, 1.54) is 40.0 Å². The molecule has 2 rings (SSSR count). The number of methoxy groups -OCH3 is 1. The van der Waals surface area contributed by atoms with Gasteiger partial charge in [0.15, 0.2) is 22.2 Å². The van der Waals surface area contributed by atoms with Crippen LogP contribution in [0.25, 0.3) is 0 Å². The standard InChI is InChI=1S/C14H15NO6S/c1-8-14(10(3)20-15-8)22(17,18)21-13-7-11(19-4)5-6-12(13)9(2)16/h5-7H,1-4H3. The normalized spacial score (nSPS) is 11.3. The van der Waals surface area contributed by atoms with Crippen LogP contribution in [0.5, 0.6) is 11.5 Å². The second-order valence-corrected chi connectivity index (χ2v) is 6.09. The minimum atomic E-state index is -4.18. The van der Waals surface area contributed by atoms with Crippen LogP contribution in [0.2, 0.25) is 0 Å². The van der Waals surface area contributed by atoms with Crippen molar-refractivity contribution in [3.63, 3.8) is 0 Å². The van der Waals surface area contributed by atoms with Crippen molar-refractivity contribution < 1.29 is 26.7 Å². The Morgan fingerprint density at radius 3 is 2.45 bits per heavy atom. The summed E-state index contributed by atoms with van der Waals surface area (Å²) in [7, 11) is -2.75. The number of rotatable bonds is 5. The highest BCUT2D eigenvalue weighted by Crippen LogP contribution is 2.30. The smallest absolute Gasteiger partial charge is 0.344 e. The van der Waals surface area contributed by atoms with Crippen LogP contribution in [0, 0.1) is 13.8 Å². The molecule has 22 heavy (non-hydrogen) atoms. The maximum absolute atomic E-state index is 12.4. The zero-order valence-electron chi connectivity index (χ0n) is 12.5. The molecule has 7 nitrogen and oxygen atoms in total. The van der Waals surface area contributed by atoms with E-state index in [1.807, 2.05) is 0 Å². The Balaban J connectivity index is 2.52. The molecule has 0 aliphatic rings. The summed E-state index contributed by atoms with van der Waals surface area (Å²) in [5, 5.41) is 3.59. The molecule has 0 amide bonds. The molecule has 118 valence electrons. The van der Waals surface area contributed by atoms with E-state index in [9.17, 15) is 13.2 Å². The van der Waals surface area contributed by atoms with E-state index in [0.717, 1.165) is 0 Å². The average molecular weight is 325 g/mol. The van der Waals surface area contributed by atoms with Crippen LogP contribution in [0.4, 0.5) is 0 Å². The Morgan fingerprint density at radius 1 is 1.27 bits per heavy atom. The van der Waals surface area contributed by atoms with E-state index in [2.05, 4.69) is 5.16 Å². The second-order valence-electron chi connectivity index (χ2n) is 4.61. The van der Waals surface area contributed by atoms with Crippen LogP contribution in [-0.4, -0.2) is 26.5 Å². The third kappa shape index (κ3) is 2.96. The topological polar surface area (TPSA) is 95.7 Å². The fourth-order valence-corrected chi connectivity index (χ4v) is 3.23. The number of Topliss-reactive ketones (excluding diaryl/α,β-unsaturated/α-hetero) is 1. The molecule has 1 aromatic carbocycles. The first-order chi connectivity index (χ1) is 10.3. The number of nitrogens with zero attached hydrogens (tertiary/aromatic N) is 1. The summed E-state index contributed by atoms with van der Waals surface area (Å²) in [6.45, 7) is 4.27. The summed E-state index contributed by atoms with van der Waals surface area (Å²) < 4.78 is 39.8. The van der Waals surface area contributed by atoms with Crippen LogP contribution >= 0.6 is 0 Å². The van der Waals surface area contributed by atoms with E-state index in [0.29, 0.717) is 5.75 Å². The fraction of sp³-hybridized carbons (Fsp3) is 0.286. The first kappa shape index (κ1) is 16.0. The van der Waals surface area contributed by atoms with Gasteiger partial charge in [-0.3, -0.25) is 4.79 Å². The van der Waals surface area contributed by atoms with Crippen LogP contribution in [-0.2, 0) is 10.1 Å². The molecule has 0 N–H and O–H groups in total. The number of carbonyl (C=O) groups excluding carboxylic acids is 1. The number of carbonyl (C=O) groups is 1. The molecular weight excluding hydrogens is 310 g/mol. The SMILES string of the molecule is COc1ccc(C(C)=O)c(OS(=O)(=O)c2c(C)noc2C)c1. The molecule has 2 aromatic rings. The van der Waals surface area contributed by atoms with Crippen molar-refractivity contribution in [2.24, 2.45) is 0 Å². The van der Waals surface area contributed by atoms with Gasteiger partial charge in [0.2, 0.25) is 0 Å². The number of ketones is 1. The highest BCUT2D eigenvalue weighted by molar-refractivity contribution is 7.87. The first-order valence-corrected chi connectivity index (χ1v) is 7.73. The van der Waals surface area contributed by atoms with Crippen molar-refractivity contribution in [3.05, 3.63) is 35.2 Å². The summed E-state index contributed by atoms with van der Waals surface area (Å²) in [4.78, 5) is 11.5. The fourth-order valence-electron chi connectivity index (χ4n) is 1.98. The van der Waals surface area contributed by atoms with Gasteiger partial charge in [0.25, 0.3) is 0 Å². The molecule has 1 heterocycles. The van der Waals surface area contributed by atoms with Gasteiger partial charge in [-0.1, -0.05) is 5.16 Å². The molecule has 0 fully saturated rings. The lowest BCUT2D eigenvalue weighted by Crippen LogP contribution is -2.13. The highest BCUT2D eigenvalue weighted by Gasteiger charge is 2.28. The van der Waals surface area contributed by atoms with Gasteiger partial charge < -0.3 is 13.4 Å². The first-order valence-electron chi connectivity index (χ1n) is 6.32. The molecule has 0 aliphatic heterocycles. The molecule has 0 unspecified atom stereocenters. The lowest BCUT2D eigenvalue weighted by molar-refractivity contribution is 0.101. The Morgan fingerprint density at radius 2 is 1.95 bits per heavy atom. The number of aryl methyl sites for hydroxylation is 2. The quantitative estimate of drug-likeness (QED) is 0.614. The maximum atomic E-state index is 12.4. The van der Waals surface area contributed by atoms with Gasteiger partial charge in [-0.05, 0) is 32.9 Å². The molecule has 0 saturated carbocycles. The Bertz CT molecular complexity index is 802. The van der Waals surface area contributed by atoms with E-state index in [1.54, 1.807) is 6.07 Å². The van der Waals surface area contributed by atoms with Gasteiger partial charge in [0, 0.05) is 6.07 Å². The molecule has 0 atom stereocenters. The van der Waals surface area contributed by atoms with Gasteiger partial charge >= 0.3 is 10.1 Å². The van der Waals surface area contributed by atoms with Gasteiger partial charge in [0.05, 0.1) is 12.7 Å². The summed E-state index contributed by atoms with van der Waals surface area (Å²) in [6.07, 6.45) is 0. The van der Waals surface area contributed by atoms with Crippen molar-refractivity contribution >= 4 is 15.9 Å². The second kappa shape index (κ2) is 5.80. The Labute approximate surface area is 128 Å². The summed E-state index contributed by atoms with van der Waals surface area (Å²) in [5.74, 6) is 0.0530. The van der Waals surface area contributed by atoms with Gasteiger partial charge in [0.1, 0.15) is 11.4 Å². The molecular formula is C14H15NO6S. The van der Waals surface area contributed by atoms with E-state index in [4.69, 9.17) is 13.4 Å². The van der Waals surface area contributed by atoms with Gasteiger partial charge in [-0.15, -0.1) is 0 Å². The Hall–Kier alpha value is -2.35. The summed E-state index contributed by atoms with van der Waals surface area (Å²) in [6, 6.07) is 4.33. The van der Waals surface area contributed by atoms with Crippen LogP contribution in [0.1, 0.15) is 28.7 Å². The lowest BCUT2D eigenvalue weighted by Gasteiger charge is -2.11. The molecule has 0 aliphatic carbocycles. The van der Waals surface area contributed by atoms with Crippen molar-refractivity contribution in [1.82, 2.24) is 5.16 Å². The number of hydrogen-bond donors (Lipinski definition) is 0. The molecule has 8 heteroatoms. The van der Waals surface area contributed by atoms with Crippen LogP contribution < -0.4 is 8.92 Å². The van der Waals surface area contributed by atoms with E-state index in [-0.39, 0.29) is 33.4 Å². The lowest BCUT2D eigenvalue weighted by atomic mass is 10.1. The Kier molecular flexibility index (Phi) is 4.23. The van der Waals surface area contributed by atoms with Gasteiger partial charge in [-0.2, -0.15) is 8.42 Å². The van der Waals surface area contributed by atoms with Gasteiger partial charge in [-0.25, -0.2) is 0 Å². The van der Waals surface area contributed by atoms with Crippen molar-refractivity contribution in [1.29, 1.82) is 0 Å². The van der Waals surface area contributed by atoms with Crippen molar-refractivity contribution in [2.75, 3.05) is 7.11 Å². The third-order valence-corrected chi connectivity index (χ3v) is 4.47. The minimum Gasteiger partial charge on any atom is -0.497 e. The number of hydrogen-bond acceptors (Lipinski definition) is 7. The van der Waals surface area contributed by atoms with Crippen LogP contribution in [0.3, 0.4) is 0 Å². The summed E-state index contributed by atoms with van der Waals surface area (Å²) in [5.41, 5.74) is 0.320. The number of aromatic nitrogens is 1. The number of benzene rings is 1. The zero-order chi connectivity index (χ0) is 16.5. The van der Waals surface area contributed by atoms with Crippen molar-refractivity contribution in [2.45, 2.75) is 25.7 Å². The molecule has 0 saturated heterocycles. The predicted molar refractivity (Wildman–Crippen MR) is 76.8 cm³/mol. The molecule has 0 spiro atoms. The minimum absolute atomic E-state index is 0.105.